The molecule has 2 aliphatic heterocycles. The second-order valence-corrected chi connectivity index (χ2v) is 7.06. The number of rotatable bonds is 4. The Kier molecular flexibility index (Phi) is 4.39. The molecule has 0 saturated carbocycles. The molecule has 0 bridgehead atoms. The Hall–Kier alpha value is -3.15. The molecule has 2 aromatic carbocycles. The molecule has 1 fully saturated rings. The van der Waals surface area contributed by atoms with Crippen molar-refractivity contribution in [3.05, 3.63) is 65.7 Å². The Morgan fingerprint density at radius 3 is 2.56 bits per heavy atom. The zero-order chi connectivity index (χ0) is 19.0. The Morgan fingerprint density at radius 1 is 1.07 bits per heavy atom. The number of para-hydroxylation sites is 1. The number of nitrogens with one attached hydrogen (secondary N) is 1. The van der Waals surface area contributed by atoms with Crippen LogP contribution in [0.5, 0.6) is 0 Å². The zero-order valence-electron chi connectivity index (χ0n) is 15.1. The number of imide groups is 1. The van der Waals surface area contributed by atoms with Gasteiger partial charge >= 0.3 is 6.03 Å². The first kappa shape index (κ1) is 17.3. The molecule has 138 valence electrons. The highest BCUT2D eigenvalue weighted by Crippen LogP contribution is 2.32. The lowest BCUT2D eigenvalue weighted by atomic mass is 10.1. The first-order chi connectivity index (χ1) is 13.0. The molecule has 0 aromatic heterocycles. The van der Waals surface area contributed by atoms with Gasteiger partial charge in [-0.25, -0.2) is 4.79 Å². The molecular weight excluding hydrogens is 342 g/mol. The van der Waals surface area contributed by atoms with Crippen molar-refractivity contribution in [2.45, 2.75) is 31.8 Å². The van der Waals surface area contributed by atoms with Crippen molar-refractivity contribution in [1.82, 2.24) is 10.2 Å². The average Bonchev–Trinajstić information content (AvgIpc) is 3.13. The van der Waals surface area contributed by atoms with Gasteiger partial charge in [-0.15, -0.1) is 0 Å². The van der Waals surface area contributed by atoms with Gasteiger partial charge in [-0.3, -0.25) is 14.5 Å². The monoisotopic (exact) mass is 363 g/mol. The fourth-order valence-electron chi connectivity index (χ4n) is 3.87. The van der Waals surface area contributed by atoms with Gasteiger partial charge in [0, 0.05) is 18.2 Å². The van der Waals surface area contributed by atoms with Crippen LogP contribution >= 0.6 is 0 Å². The van der Waals surface area contributed by atoms with Crippen molar-refractivity contribution >= 4 is 23.5 Å². The topological polar surface area (TPSA) is 69.7 Å². The molecule has 0 aliphatic carbocycles. The molecule has 2 aromatic rings. The van der Waals surface area contributed by atoms with E-state index in [1.165, 1.54) is 0 Å². The minimum Gasteiger partial charge on any atom is -0.325 e. The van der Waals surface area contributed by atoms with E-state index in [0.29, 0.717) is 6.42 Å². The van der Waals surface area contributed by atoms with E-state index in [-0.39, 0.29) is 24.4 Å². The summed E-state index contributed by atoms with van der Waals surface area (Å²) in [6.07, 6.45) is 1.19. The molecule has 2 aliphatic rings. The van der Waals surface area contributed by atoms with Crippen LogP contribution in [0.25, 0.3) is 0 Å². The van der Waals surface area contributed by atoms with E-state index < -0.39 is 12.1 Å². The van der Waals surface area contributed by atoms with Crippen LogP contribution in [0.1, 0.15) is 18.1 Å². The number of urea groups is 1. The quantitative estimate of drug-likeness (QED) is 0.846. The van der Waals surface area contributed by atoms with Crippen molar-refractivity contribution in [3.63, 3.8) is 0 Å². The number of hydrogen-bond donors (Lipinski definition) is 1. The third-order valence-corrected chi connectivity index (χ3v) is 5.16. The van der Waals surface area contributed by atoms with Crippen molar-refractivity contribution in [3.8, 4) is 0 Å². The van der Waals surface area contributed by atoms with Crippen LogP contribution in [-0.2, 0) is 22.4 Å². The van der Waals surface area contributed by atoms with Gasteiger partial charge in [0.1, 0.15) is 12.6 Å². The van der Waals surface area contributed by atoms with Gasteiger partial charge in [0.25, 0.3) is 5.91 Å². The molecular formula is C21H21N3O3. The van der Waals surface area contributed by atoms with Crippen LogP contribution in [0.2, 0.25) is 0 Å². The number of carbonyl (C=O) groups is 3. The first-order valence-electron chi connectivity index (χ1n) is 9.10. The molecule has 6 nitrogen and oxygen atoms in total. The molecule has 2 atom stereocenters. The summed E-state index contributed by atoms with van der Waals surface area (Å²) in [5.41, 5.74) is 2.94. The second-order valence-electron chi connectivity index (χ2n) is 7.06. The number of fused-ring (bicyclic) bond motifs is 1. The Labute approximate surface area is 157 Å². The van der Waals surface area contributed by atoms with Crippen molar-refractivity contribution in [2.24, 2.45) is 0 Å². The maximum atomic E-state index is 12.9. The molecule has 1 saturated heterocycles. The first-order valence-corrected chi connectivity index (χ1v) is 9.10. The SMILES string of the molecule is C[C@@H]1Cc2ccccc2N1C(=O)CN1C(=O)N[C@H](Cc2ccccc2)C1=O. The van der Waals surface area contributed by atoms with Gasteiger partial charge in [-0.05, 0) is 30.5 Å². The van der Waals surface area contributed by atoms with Crippen LogP contribution in [0.3, 0.4) is 0 Å². The predicted octanol–water partition coefficient (Wildman–Crippen LogP) is 2.13. The van der Waals surface area contributed by atoms with Crippen LogP contribution < -0.4 is 10.2 Å². The van der Waals surface area contributed by atoms with Crippen LogP contribution in [0.4, 0.5) is 10.5 Å². The maximum Gasteiger partial charge on any atom is 0.325 e. The Balaban J connectivity index is 1.47. The third kappa shape index (κ3) is 3.18. The van der Waals surface area contributed by atoms with Gasteiger partial charge in [-0.2, -0.15) is 0 Å². The standard InChI is InChI=1S/C21H21N3O3/c1-14-11-16-9-5-6-10-18(16)24(14)19(25)13-23-20(26)17(22-21(23)27)12-15-7-3-2-4-8-15/h2-10,14,17H,11-13H2,1H3,(H,22,27)/t14-,17-/m1/s1. The van der Waals surface area contributed by atoms with Crippen LogP contribution in [-0.4, -0.2) is 41.4 Å². The number of carbonyl (C=O) groups excluding carboxylic acids is 3. The van der Waals surface area contributed by atoms with Gasteiger partial charge < -0.3 is 10.2 Å². The second kappa shape index (κ2) is 6.87. The highest BCUT2D eigenvalue weighted by Gasteiger charge is 2.41. The molecule has 27 heavy (non-hydrogen) atoms. The number of anilines is 1. The summed E-state index contributed by atoms with van der Waals surface area (Å²) in [5.74, 6) is -0.589. The lowest BCUT2D eigenvalue weighted by molar-refractivity contribution is -0.131. The van der Waals surface area contributed by atoms with Crippen LogP contribution in [0.15, 0.2) is 54.6 Å². The minimum absolute atomic E-state index is 0.00998. The zero-order valence-corrected chi connectivity index (χ0v) is 15.1. The van der Waals surface area contributed by atoms with E-state index in [1.54, 1.807) is 4.90 Å². The predicted molar refractivity (Wildman–Crippen MR) is 101 cm³/mol. The largest absolute Gasteiger partial charge is 0.325 e. The molecule has 0 radical (unpaired) electrons. The Morgan fingerprint density at radius 2 is 1.78 bits per heavy atom. The molecule has 0 unspecified atom stereocenters. The van der Waals surface area contributed by atoms with Crippen molar-refractivity contribution in [1.29, 1.82) is 0 Å². The van der Waals surface area contributed by atoms with Gasteiger partial charge in [0.15, 0.2) is 0 Å². The minimum atomic E-state index is -0.629. The highest BCUT2D eigenvalue weighted by molar-refractivity contribution is 6.08. The molecule has 4 amide bonds. The lowest BCUT2D eigenvalue weighted by Crippen LogP contribution is -2.45. The van der Waals surface area contributed by atoms with Crippen LogP contribution in [0, 0.1) is 0 Å². The number of amides is 4. The lowest BCUT2D eigenvalue weighted by Gasteiger charge is -2.24. The summed E-state index contributed by atoms with van der Waals surface area (Å²) in [5, 5.41) is 2.70. The van der Waals surface area contributed by atoms with Gasteiger partial charge in [0.2, 0.25) is 5.91 Å². The molecule has 4 rings (SSSR count). The van der Waals surface area contributed by atoms with E-state index >= 15 is 0 Å². The summed E-state index contributed by atoms with van der Waals surface area (Å²) < 4.78 is 0. The van der Waals surface area contributed by atoms with Crippen molar-refractivity contribution < 1.29 is 14.4 Å². The summed E-state index contributed by atoms with van der Waals surface area (Å²) in [4.78, 5) is 40.6. The smallest absolute Gasteiger partial charge is 0.325 e. The molecule has 6 heteroatoms. The summed E-state index contributed by atoms with van der Waals surface area (Å²) in [6, 6.07) is 16.1. The summed E-state index contributed by atoms with van der Waals surface area (Å²) in [6.45, 7) is 1.73. The summed E-state index contributed by atoms with van der Waals surface area (Å²) >= 11 is 0. The van der Waals surface area contributed by atoms with Gasteiger partial charge in [-0.1, -0.05) is 48.5 Å². The number of hydrogen-bond acceptors (Lipinski definition) is 3. The molecule has 1 N–H and O–H groups in total. The van der Waals surface area contributed by atoms with Gasteiger partial charge in [0.05, 0.1) is 0 Å². The average molecular weight is 363 g/mol. The maximum absolute atomic E-state index is 12.9. The normalized spacial score (nSPS) is 21.4. The number of benzene rings is 2. The summed E-state index contributed by atoms with van der Waals surface area (Å²) in [7, 11) is 0. The van der Waals surface area contributed by atoms with E-state index in [9.17, 15) is 14.4 Å². The number of nitrogens with zero attached hydrogens (tertiary/aromatic N) is 2. The van der Waals surface area contributed by atoms with E-state index in [0.717, 1.165) is 28.1 Å². The highest BCUT2D eigenvalue weighted by atomic mass is 16.2. The fourth-order valence-corrected chi connectivity index (χ4v) is 3.87. The molecule has 0 spiro atoms. The Bertz CT molecular complexity index is 897. The third-order valence-electron chi connectivity index (χ3n) is 5.16. The van der Waals surface area contributed by atoms with E-state index in [2.05, 4.69) is 5.32 Å². The van der Waals surface area contributed by atoms with Crippen molar-refractivity contribution in [2.75, 3.05) is 11.4 Å². The fraction of sp³-hybridized carbons (Fsp3) is 0.286. The van der Waals surface area contributed by atoms with E-state index in [1.807, 2.05) is 61.5 Å². The van der Waals surface area contributed by atoms with E-state index in [4.69, 9.17) is 0 Å². The molecule has 2 heterocycles.